The van der Waals surface area contributed by atoms with Crippen molar-refractivity contribution in [3.8, 4) is 11.4 Å². The van der Waals surface area contributed by atoms with Crippen molar-refractivity contribution in [1.29, 1.82) is 0 Å². The highest BCUT2D eigenvalue weighted by atomic mass is 16.5. The van der Waals surface area contributed by atoms with Gasteiger partial charge in [0, 0.05) is 42.0 Å². The molecule has 1 fully saturated rings. The third kappa shape index (κ3) is 4.01. The van der Waals surface area contributed by atoms with Crippen LogP contribution in [-0.4, -0.2) is 57.8 Å². The Morgan fingerprint density at radius 3 is 2.88 bits per heavy atom. The number of benzene rings is 1. The highest BCUT2D eigenvalue weighted by Crippen LogP contribution is 2.42. The van der Waals surface area contributed by atoms with Gasteiger partial charge in [0.1, 0.15) is 0 Å². The van der Waals surface area contributed by atoms with Crippen LogP contribution in [0.5, 0.6) is 5.75 Å². The second-order valence-corrected chi connectivity index (χ2v) is 8.69. The Kier molecular flexibility index (Phi) is 6.58. The number of hydrogen-bond acceptors (Lipinski definition) is 6. The summed E-state index contributed by atoms with van der Waals surface area (Å²) in [6.45, 7) is 2.27. The van der Waals surface area contributed by atoms with Crippen molar-refractivity contribution in [2.75, 3.05) is 25.6 Å². The molecule has 3 heterocycles. The number of fused-ring (bicyclic) bond motifs is 1. The Hall–Kier alpha value is -3.43. The molecule has 2 amide bonds. The molecule has 0 aliphatic carbocycles. The maximum Gasteiger partial charge on any atom is 0.297 e. The molecule has 34 heavy (non-hydrogen) atoms. The largest absolute Gasteiger partial charge is 0.491 e. The molecular formula is C25H29N3O6. The lowest BCUT2D eigenvalue weighted by Crippen LogP contribution is -2.40. The van der Waals surface area contributed by atoms with Crippen LogP contribution in [0.1, 0.15) is 31.7 Å². The van der Waals surface area contributed by atoms with Gasteiger partial charge in [-0.25, -0.2) is 0 Å². The lowest BCUT2D eigenvalue weighted by atomic mass is 9.82. The maximum absolute atomic E-state index is 12.8. The fourth-order valence-electron chi connectivity index (χ4n) is 4.71. The van der Waals surface area contributed by atoms with Gasteiger partial charge in [0.25, 0.3) is 11.5 Å². The number of carbonyl (C=O) groups excluding carboxylic acids is 2. The predicted molar refractivity (Wildman–Crippen MR) is 126 cm³/mol. The van der Waals surface area contributed by atoms with Crippen molar-refractivity contribution in [3.05, 3.63) is 64.6 Å². The summed E-state index contributed by atoms with van der Waals surface area (Å²) in [6.07, 6.45) is 6.66. The molecule has 2 aromatic rings. The summed E-state index contributed by atoms with van der Waals surface area (Å²) in [7, 11) is 1.41. The van der Waals surface area contributed by atoms with Crippen molar-refractivity contribution in [1.82, 2.24) is 9.47 Å². The summed E-state index contributed by atoms with van der Waals surface area (Å²) >= 11 is 0. The van der Waals surface area contributed by atoms with Gasteiger partial charge in [0.15, 0.2) is 11.4 Å². The van der Waals surface area contributed by atoms with E-state index < -0.39 is 17.4 Å². The van der Waals surface area contributed by atoms with Crippen LogP contribution in [0.15, 0.2) is 53.5 Å². The fraction of sp³-hybridized carbons (Fsp3) is 0.400. The van der Waals surface area contributed by atoms with E-state index in [-0.39, 0.29) is 36.3 Å². The van der Waals surface area contributed by atoms with Crippen molar-refractivity contribution >= 4 is 17.5 Å². The number of aromatic nitrogens is 1. The van der Waals surface area contributed by atoms with Gasteiger partial charge in [-0.1, -0.05) is 19.1 Å². The molecule has 0 unspecified atom stereocenters. The van der Waals surface area contributed by atoms with E-state index >= 15 is 0 Å². The molecule has 1 aromatic carbocycles. The molecular weight excluding hydrogens is 438 g/mol. The van der Waals surface area contributed by atoms with Gasteiger partial charge in [-0.3, -0.25) is 19.0 Å². The number of aliphatic hydroxyl groups is 2. The van der Waals surface area contributed by atoms with Crippen molar-refractivity contribution in [2.45, 2.75) is 37.8 Å². The monoisotopic (exact) mass is 467 g/mol. The summed E-state index contributed by atoms with van der Waals surface area (Å²) in [4.78, 5) is 39.7. The summed E-state index contributed by atoms with van der Waals surface area (Å²) < 4.78 is 6.49. The minimum Gasteiger partial charge on any atom is -0.491 e. The molecule has 2 aliphatic heterocycles. The van der Waals surface area contributed by atoms with E-state index in [0.29, 0.717) is 23.5 Å². The number of methoxy groups -OCH3 is 1. The first-order valence-electron chi connectivity index (χ1n) is 11.3. The zero-order chi connectivity index (χ0) is 24.5. The Labute approximate surface area is 197 Å². The fourth-order valence-corrected chi connectivity index (χ4v) is 4.71. The Morgan fingerprint density at radius 1 is 1.35 bits per heavy atom. The van der Waals surface area contributed by atoms with Crippen LogP contribution in [0, 0.1) is 5.92 Å². The number of anilines is 1. The molecule has 1 aromatic heterocycles. The molecule has 4 rings (SSSR count). The predicted octanol–water partition coefficient (Wildman–Crippen LogP) is 1.55. The van der Waals surface area contributed by atoms with Gasteiger partial charge in [-0.15, -0.1) is 0 Å². The zero-order valence-corrected chi connectivity index (χ0v) is 19.2. The van der Waals surface area contributed by atoms with Crippen molar-refractivity contribution < 1.29 is 24.5 Å². The second kappa shape index (κ2) is 9.44. The molecule has 0 bridgehead atoms. The van der Waals surface area contributed by atoms with Crippen LogP contribution in [-0.2, 0) is 15.2 Å². The normalized spacial score (nSPS) is 22.6. The third-order valence-corrected chi connectivity index (χ3v) is 6.70. The Morgan fingerprint density at radius 2 is 2.15 bits per heavy atom. The zero-order valence-electron chi connectivity index (χ0n) is 19.2. The summed E-state index contributed by atoms with van der Waals surface area (Å²) in [5, 5.41) is 23.6. The molecule has 3 atom stereocenters. The number of nitrogens with one attached hydrogen (secondary N) is 1. The lowest BCUT2D eigenvalue weighted by molar-refractivity contribution is -0.137. The van der Waals surface area contributed by atoms with Crippen LogP contribution in [0.2, 0.25) is 0 Å². The molecule has 0 saturated carbocycles. The first-order valence-corrected chi connectivity index (χ1v) is 11.3. The number of pyridine rings is 1. The number of rotatable bonds is 7. The second-order valence-electron chi connectivity index (χ2n) is 8.69. The van der Waals surface area contributed by atoms with E-state index in [9.17, 15) is 24.6 Å². The van der Waals surface area contributed by atoms with Gasteiger partial charge < -0.3 is 25.2 Å². The summed E-state index contributed by atoms with van der Waals surface area (Å²) in [5.41, 5.74) is -0.929. The van der Waals surface area contributed by atoms with Gasteiger partial charge in [-0.2, -0.15) is 0 Å². The number of ether oxygens (including phenoxy) is 1. The SMILES string of the molecule is COc1cccn(-c2ccc3c(c2)[C@@](O)([C@H](C)/C=C/CC(=O)N2CCC[C@H]2CO)C(=O)N3)c1=O. The van der Waals surface area contributed by atoms with E-state index in [1.54, 1.807) is 60.5 Å². The Bertz CT molecular complexity index is 1190. The van der Waals surface area contributed by atoms with E-state index in [4.69, 9.17) is 4.74 Å². The Balaban J connectivity index is 1.58. The number of hydrogen-bond donors (Lipinski definition) is 3. The van der Waals surface area contributed by atoms with Crippen LogP contribution < -0.4 is 15.6 Å². The van der Waals surface area contributed by atoms with Gasteiger partial charge in [0.2, 0.25) is 5.91 Å². The highest BCUT2D eigenvalue weighted by Gasteiger charge is 2.48. The molecule has 9 heteroatoms. The van der Waals surface area contributed by atoms with E-state index in [1.165, 1.54) is 11.7 Å². The molecule has 2 aliphatic rings. The molecule has 180 valence electrons. The number of carbonyl (C=O) groups is 2. The van der Waals surface area contributed by atoms with Gasteiger partial charge >= 0.3 is 0 Å². The van der Waals surface area contributed by atoms with Crippen LogP contribution in [0.3, 0.4) is 0 Å². The maximum atomic E-state index is 12.8. The number of aliphatic hydroxyl groups excluding tert-OH is 1. The third-order valence-electron chi connectivity index (χ3n) is 6.70. The van der Waals surface area contributed by atoms with Gasteiger partial charge in [-0.05, 0) is 43.2 Å². The number of amides is 2. The van der Waals surface area contributed by atoms with Crippen molar-refractivity contribution in [2.24, 2.45) is 5.92 Å². The average molecular weight is 468 g/mol. The minimum absolute atomic E-state index is 0.0543. The van der Waals surface area contributed by atoms with Gasteiger partial charge in [0.05, 0.1) is 19.8 Å². The summed E-state index contributed by atoms with van der Waals surface area (Å²) in [5.74, 6) is -1.13. The van der Waals surface area contributed by atoms with Crippen LogP contribution >= 0.6 is 0 Å². The molecule has 0 radical (unpaired) electrons. The standard InChI is InChI=1S/C25H29N3O6/c1-16(6-3-9-22(30)27-12-4-7-18(27)15-29)25(33)19-14-17(10-11-20(19)26-24(25)32)28-13-5-8-21(34-2)23(28)31/h3,5-6,8,10-11,13-14,16,18,29,33H,4,7,9,12,15H2,1-2H3,(H,26,32)/b6-3+/t16-,18+,25+/m1/s1. The molecule has 1 saturated heterocycles. The molecule has 0 spiro atoms. The highest BCUT2D eigenvalue weighted by molar-refractivity contribution is 6.05. The average Bonchev–Trinajstić information content (AvgIpc) is 3.42. The van der Waals surface area contributed by atoms with Crippen molar-refractivity contribution in [3.63, 3.8) is 0 Å². The van der Waals surface area contributed by atoms with E-state index in [1.807, 2.05) is 0 Å². The summed E-state index contributed by atoms with van der Waals surface area (Å²) in [6, 6.07) is 8.03. The van der Waals surface area contributed by atoms with Crippen LogP contribution in [0.25, 0.3) is 5.69 Å². The van der Waals surface area contributed by atoms with Crippen LogP contribution in [0.4, 0.5) is 5.69 Å². The quantitative estimate of drug-likeness (QED) is 0.532. The number of likely N-dealkylation sites (tertiary alicyclic amines) is 1. The first kappa shape index (κ1) is 23.7. The smallest absolute Gasteiger partial charge is 0.297 e. The minimum atomic E-state index is -1.87. The number of nitrogens with zero attached hydrogens (tertiary/aromatic N) is 2. The molecule has 9 nitrogen and oxygen atoms in total. The topological polar surface area (TPSA) is 121 Å². The van der Waals surface area contributed by atoms with E-state index in [2.05, 4.69) is 5.32 Å². The molecule has 3 N–H and O–H groups in total. The lowest BCUT2D eigenvalue weighted by Gasteiger charge is -2.26. The first-order chi connectivity index (χ1) is 16.3. The van der Waals surface area contributed by atoms with E-state index in [0.717, 1.165) is 12.8 Å².